The molecule has 3 rings (SSSR count). The molecule has 0 radical (unpaired) electrons. The Morgan fingerprint density at radius 1 is 0.903 bits per heavy atom. The van der Waals surface area contributed by atoms with E-state index in [0.29, 0.717) is 11.5 Å². The highest BCUT2D eigenvalue weighted by Crippen LogP contribution is 2.37. The number of amides is 1. The number of carbonyl (C=O) groups is 1. The van der Waals surface area contributed by atoms with E-state index in [9.17, 15) is 23.1 Å². The number of carbonyl (C=O) groups excluding carboxylic acids is 1. The molecule has 9 heteroatoms. The average Bonchev–Trinajstić information content (AvgIpc) is 2.74. The Hall–Kier alpha value is -3.88. The summed E-state index contributed by atoms with van der Waals surface area (Å²) in [5, 5.41) is 12.1. The summed E-state index contributed by atoms with van der Waals surface area (Å²) in [4.78, 5) is 12.7. The molecule has 3 aromatic carbocycles. The number of hydrogen-bond donors (Lipinski definition) is 2. The number of anilines is 1. The average molecular weight is 433 g/mol. The van der Waals surface area contributed by atoms with Gasteiger partial charge in [-0.3, -0.25) is 4.79 Å². The second-order valence-electron chi connectivity index (χ2n) is 6.33. The second kappa shape index (κ2) is 8.86. The Balaban J connectivity index is 1.96. The van der Waals surface area contributed by atoms with E-state index in [1.54, 1.807) is 24.3 Å². The molecule has 0 saturated carbocycles. The normalized spacial score (nSPS) is 11.0. The summed E-state index contributed by atoms with van der Waals surface area (Å²) in [6, 6.07) is 13.1. The van der Waals surface area contributed by atoms with Gasteiger partial charge < -0.3 is 24.6 Å². The Labute approximate surface area is 175 Å². The summed E-state index contributed by atoms with van der Waals surface area (Å²) in [7, 11) is 2.78. The zero-order valence-corrected chi connectivity index (χ0v) is 16.5. The third-order valence-electron chi connectivity index (χ3n) is 4.27. The van der Waals surface area contributed by atoms with Crippen molar-refractivity contribution >= 4 is 11.6 Å². The van der Waals surface area contributed by atoms with E-state index >= 15 is 0 Å². The fourth-order valence-corrected chi connectivity index (χ4v) is 2.70. The number of ether oxygens (including phenoxy) is 3. The molecular formula is C22H18F3NO5. The van der Waals surface area contributed by atoms with E-state index in [1.165, 1.54) is 32.4 Å². The number of phenolic OH excluding ortho intramolecular Hbond substituents is 1. The van der Waals surface area contributed by atoms with Crippen molar-refractivity contribution < 1.29 is 37.3 Å². The van der Waals surface area contributed by atoms with Gasteiger partial charge in [0.2, 0.25) is 0 Å². The Bertz CT molecular complexity index is 1100. The topological polar surface area (TPSA) is 77.0 Å². The minimum absolute atomic E-state index is 0.000321. The van der Waals surface area contributed by atoms with Gasteiger partial charge in [0.25, 0.3) is 5.91 Å². The van der Waals surface area contributed by atoms with Gasteiger partial charge in [-0.15, -0.1) is 0 Å². The van der Waals surface area contributed by atoms with Crippen LogP contribution in [0.2, 0.25) is 0 Å². The molecular weight excluding hydrogens is 415 g/mol. The van der Waals surface area contributed by atoms with Crippen LogP contribution < -0.4 is 19.5 Å². The zero-order valence-electron chi connectivity index (χ0n) is 16.5. The van der Waals surface area contributed by atoms with Crippen molar-refractivity contribution in [3.05, 3.63) is 71.8 Å². The largest absolute Gasteiger partial charge is 0.504 e. The summed E-state index contributed by atoms with van der Waals surface area (Å²) in [5.41, 5.74) is -1.07. The molecule has 0 spiro atoms. The molecule has 0 aliphatic carbocycles. The molecule has 162 valence electrons. The van der Waals surface area contributed by atoms with Gasteiger partial charge in [0.05, 0.1) is 25.5 Å². The maximum Gasteiger partial charge on any atom is 0.416 e. The molecule has 0 aliphatic rings. The van der Waals surface area contributed by atoms with Crippen LogP contribution in [-0.4, -0.2) is 25.2 Å². The van der Waals surface area contributed by atoms with Gasteiger partial charge in [0, 0.05) is 11.6 Å². The number of methoxy groups -OCH3 is 2. The fourth-order valence-electron chi connectivity index (χ4n) is 2.70. The maximum absolute atomic E-state index is 13.2. The van der Waals surface area contributed by atoms with E-state index < -0.39 is 17.6 Å². The van der Waals surface area contributed by atoms with Crippen molar-refractivity contribution in [3.8, 4) is 28.7 Å². The molecule has 6 nitrogen and oxygen atoms in total. The Kier molecular flexibility index (Phi) is 6.24. The van der Waals surface area contributed by atoms with E-state index in [2.05, 4.69) is 5.32 Å². The number of aromatic hydroxyl groups is 1. The zero-order chi connectivity index (χ0) is 22.6. The van der Waals surface area contributed by atoms with Gasteiger partial charge in [-0.05, 0) is 48.5 Å². The van der Waals surface area contributed by atoms with Crippen LogP contribution >= 0.6 is 0 Å². The predicted molar refractivity (Wildman–Crippen MR) is 107 cm³/mol. The minimum atomic E-state index is -4.62. The van der Waals surface area contributed by atoms with Gasteiger partial charge in [-0.25, -0.2) is 0 Å². The van der Waals surface area contributed by atoms with Crippen LogP contribution in [0.1, 0.15) is 15.9 Å². The molecule has 0 saturated heterocycles. The Morgan fingerprint density at radius 2 is 1.65 bits per heavy atom. The SMILES string of the molecule is COc1cccc(Oc2ccc(C(F)(F)F)cc2NC(=O)c2ccc(O)c(OC)c2)c1. The first-order chi connectivity index (χ1) is 14.7. The van der Waals surface area contributed by atoms with Crippen LogP contribution in [-0.2, 0) is 6.18 Å². The van der Waals surface area contributed by atoms with Crippen molar-refractivity contribution in [2.24, 2.45) is 0 Å². The standard InChI is InChI=1S/C22H18F3NO5/c1-29-15-4-3-5-16(12-15)31-19-9-7-14(22(23,24)25)11-17(19)26-21(28)13-6-8-18(27)20(10-13)30-2/h3-12,27H,1-2H3,(H,26,28). The van der Waals surface area contributed by atoms with Gasteiger partial charge in [0.15, 0.2) is 17.2 Å². The molecule has 3 aromatic rings. The number of halogens is 3. The molecule has 0 aliphatic heterocycles. The van der Waals surface area contributed by atoms with E-state index in [1.807, 2.05) is 0 Å². The molecule has 0 bridgehead atoms. The first-order valence-electron chi connectivity index (χ1n) is 8.93. The molecule has 2 N–H and O–H groups in total. The molecule has 0 heterocycles. The molecule has 0 unspecified atom stereocenters. The third-order valence-corrected chi connectivity index (χ3v) is 4.27. The van der Waals surface area contributed by atoms with Crippen LogP contribution in [0.25, 0.3) is 0 Å². The third kappa shape index (κ3) is 5.19. The smallest absolute Gasteiger partial charge is 0.416 e. The van der Waals surface area contributed by atoms with Crippen molar-refractivity contribution in [1.82, 2.24) is 0 Å². The van der Waals surface area contributed by atoms with E-state index in [4.69, 9.17) is 14.2 Å². The van der Waals surface area contributed by atoms with Gasteiger partial charge in [-0.1, -0.05) is 6.07 Å². The summed E-state index contributed by atoms with van der Waals surface area (Å²) >= 11 is 0. The van der Waals surface area contributed by atoms with Crippen LogP contribution in [0.5, 0.6) is 28.7 Å². The lowest BCUT2D eigenvalue weighted by Crippen LogP contribution is -2.14. The van der Waals surface area contributed by atoms with E-state index in [0.717, 1.165) is 18.2 Å². The minimum Gasteiger partial charge on any atom is -0.504 e. The summed E-state index contributed by atoms with van der Waals surface area (Å²) in [6.45, 7) is 0. The van der Waals surface area contributed by atoms with Gasteiger partial charge in [0.1, 0.15) is 11.5 Å². The van der Waals surface area contributed by atoms with Crippen LogP contribution in [0.4, 0.5) is 18.9 Å². The van der Waals surface area contributed by atoms with Crippen LogP contribution in [0, 0.1) is 0 Å². The molecule has 0 atom stereocenters. The number of hydrogen-bond acceptors (Lipinski definition) is 5. The van der Waals surface area contributed by atoms with Crippen molar-refractivity contribution in [2.75, 3.05) is 19.5 Å². The van der Waals surface area contributed by atoms with Crippen molar-refractivity contribution in [3.63, 3.8) is 0 Å². The molecule has 0 fully saturated rings. The van der Waals surface area contributed by atoms with Crippen LogP contribution in [0.15, 0.2) is 60.7 Å². The number of nitrogens with one attached hydrogen (secondary N) is 1. The highest BCUT2D eigenvalue weighted by Gasteiger charge is 2.31. The van der Waals surface area contributed by atoms with Gasteiger partial charge in [-0.2, -0.15) is 13.2 Å². The van der Waals surface area contributed by atoms with Crippen molar-refractivity contribution in [1.29, 1.82) is 0 Å². The van der Waals surface area contributed by atoms with Crippen LogP contribution in [0.3, 0.4) is 0 Å². The number of benzene rings is 3. The Morgan fingerprint density at radius 3 is 2.32 bits per heavy atom. The summed E-state index contributed by atoms with van der Waals surface area (Å²) in [5.74, 6) is -0.0507. The van der Waals surface area contributed by atoms with E-state index in [-0.39, 0.29) is 28.5 Å². The fraction of sp³-hybridized carbons (Fsp3) is 0.136. The monoisotopic (exact) mass is 433 g/mol. The van der Waals surface area contributed by atoms with Gasteiger partial charge >= 0.3 is 6.18 Å². The predicted octanol–water partition coefficient (Wildman–Crippen LogP) is 5.47. The highest BCUT2D eigenvalue weighted by atomic mass is 19.4. The first kappa shape index (κ1) is 21.8. The number of alkyl halides is 3. The second-order valence-corrected chi connectivity index (χ2v) is 6.33. The highest BCUT2D eigenvalue weighted by molar-refractivity contribution is 6.05. The lowest BCUT2D eigenvalue weighted by molar-refractivity contribution is -0.137. The summed E-state index contributed by atoms with van der Waals surface area (Å²) < 4.78 is 55.4. The molecule has 1 amide bonds. The first-order valence-corrected chi connectivity index (χ1v) is 8.93. The number of phenols is 1. The maximum atomic E-state index is 13.2. The lowest BCUT2D eigenvalue weighted by atomic mass is 10.1. The number of rotatable bonds is 6. The molecule has 31 heavy (non-hydrogen) atoms. The molecule has 0 aromatic heterocycles. The lowest BCUT2D eigenvalue weighted by Gasteiger charge is -2.16. The van der Waals surface area contributed by atoms with Crippen molar-refractivity contribution in [2.45, 2.75) is 6.18 Å². The summed E-state index contributed by atoms with van der Waals surface area (Å²) in [6.07, 6.45) is -4.62. The quantitative estimate of drug-likeness (QED) is 0.539.